The molecule has 1 aromatic rings. The predicted molar refractivity (Wildman–Crippen MR) is 114 cm³/mol. The fourth-order valence-electron chi connectivity index (χ4n) is 4.00. The zero-order valence-electron chi connectivity index (χ0n) is 18.1. The smallest absolute Gasteiger partial charge is 0.410 e. The first-order valence-corrected chi connectivity index (χ1v) is 10.2. The van der Waals surface area contributed by atoms with E-state index in [2.05, 4.69) is 23.5 Å². The quantitative estimate of drug-likeness (QED) is 0.767. The van der Waals surface area contributed by atoms with E-state index in [0.717, 1.165) is 22.6 Å². The van der Waals surface area contributed by atoms with Crippen LogP contribution < -0.4 is 15.1 Å². The number of hydrogen-bond donors (Lipinski definition) is 1. The molecule has 0 saturated carbocycles. The molecule has 0 spiro atoms. The summed E-state index contributed by atoms with van der Waals surface area (Å²) < 4.78 is 11.3. The summed E-state index contributed by atoms with van der Waals surface area (Å²) in [6.45, 7) is 11.0. The van der Waals surface area contributed by atoms with Gasteiger partial charge in [0.1, 0.15) is 24.0 Å². The summed E-state index contributed by atoms with van der Waals surface area (Å²) in [6, 6.07) is 5.65. The summed E-state index contributed by atoms with van der Waals surface area (Å²) in [5.74, 6) is 1.42. The van der Waals surface area contributed by atoms with Crippen molar-refractivity contribution in [3.63, 3.8) is 0 Å². The van der Waals surface area contributed by atoms with E-state index in [-0.39, 0.29) is 24.0 Å². The Kier molecular flexibility index (Phi) is 4.95. The van der Waals surface area contributed by atoms with Crippen molar-refractivity contribution in [3.8, 4) is 5.75 Å². The highest BCUT2D eigenvalue weighted by Gasteiger charge is 2.35. The molecule has 3 heterocycles. The largest absolute Gasteiger partial charge is 0.483 e. The van der Waals surface area contributed by atoms with Crippen LogP contribution >= 0.6 is 0 Å². The Morgan fingerprint density at radius 1 is 1.30 bits per heavy atom. The van der Waals surface area contributed by atoms with Crippen molar-refractivity contribution in [2.24, 2.45) is 11.0 Å². The first-order valence-electron chi connectivity index (χ1n) is 10.2. The molecule has 0 saturated heterocycles. The Bertz CT molecular complexity index is 947. The minimum atomic E-state index is -0.514. The molecule has 3 aliphatic rings. The highest BCUT2D eigenvalue weighted by atomic mass is 16.6. The second-order valence-corrected chi connectivity index (χ2v) is 8.97. The molecule has 0 radical (unpaired) electrons. The number of amides is 2. The van der Waals surface area contributed by atoms with Gasteiger partial charge in [-0.25, -0.2) is 10.2 Å². The third kappa shape index (κ3) is 3.74. The monoisotopic (exact) mass is 412 g/mol. The maximum Gasteiger partial charge on any atom is 0.410 e. The standard InChI is InChI=1S/C22H28N4O4/c1-13-11-25(21(28)30-22(3,4)5)9-8-16(13)15-6-7-18-17(10-15)26-14(2)20(27)24-23-19(26)12-29-18/h6-8,10,13-14H,9,11-12H2,1-5H3,(H,24,27)/t13?,14-/m1/s1. The van der Waals surface area contributed by atoms with E-state index in [1.54, 1.807) is 4.90 Å². The van der Waals surface area contributed by atoms with E-state index in [9.17, 15) is 9.59 Å². The van der Waals surface area contributed by atoms with Crippen LogP contribution in [0.1, 0.15) is 40.2 Å². The van der Waals surface area contributed by atoms with Gasteiger partial charge in [0.2, 0.25) is 0 Å². The van der Waals surface area contributed by atoms with Gasteiger partial charge in [-0.05, 0) is 56.9 Å². The first kappa shape index (κ1) is 20.3. The molecule has 160 valence electrons. The zero-order chi connectivity index (χ0) is 21.6. The normalized spacial score (nSPS) is 23.4. The number of hydrazone groups is 1. The molecule has 0 bridgehead atoms. The van der Waals surface area contributed by atoms with Gasteiger partial charge in [0, 0.05) is 13.1 Å². The number of rotatable bonds is 1. The van der Waals surface area contributed by atoms with Gasteiger partial charge < -0.3 is 19.3 Å². The van der Waals surface area contributed by atoms with E-state index in [1.807, 2.05) is 50.8 Å². The van der Waals surface area contributed by atoms with Crippen molar-refractivity contribution in [2.45, 2.75) is 46.3 Å². The van der Waals surface area contributed by atoms with E-state index in [1.165, 1.54) is 0 Å². The second kappa shape index (κ2) is 7.34. The van der Waals surface area contributed by atoms with Crippen molar-refractivity contribution >= 4 is 29.1 Å². The first-order chi connectivity index (χ1) is 14.1. The number of nitrogens with one attached hydrogen (secondary N) is 1. The van der Waals surface area contributed by atoms with Crippen molar-refractivity contribution < 1.29 is 19.1 Å². The fraction of sp³-hybridized carbons (Fsp3) is 0.500. The Labute approximate surface area is 176 Å². The van der Waals surface area contributed by atoms with Gasteiger partial charge in [0.05, 0.1) is 5.69 Å². The van der Waals surface area contributed by atoms with Gasteiger partial charge in [-0.3, -0.25) is 4.79 Å². The highest BCUT2D eigenvalue weighted by molar-refractivity contribution is 6.09. The third-order valence-electron chi connectivity index (χ3n) is 5.46. The fourth-order valence-corrected chi connectivity index (χ4v) is 4.00. The number of carbonyl (C=O) groups excluding carboxylic acids is 2. The Morgan fingerprint density at radius 2 is 2.07 bits per heavy atom. The van der Waals surface area contributed by atoms with Gasteiger partial charge in [-0.15, -0.1) is 0 Å². The molecular weight excluding hydrogens is 384 g/mol. The molecular formula is C22H28N4O4. The van der Waals surface area contributed by atoms with E-state index in [4.69, 9.17) is 9.47 Å². The van der Waals surface area contributed by atoms with Crippen molar-refractivity contribution in [1.82, 2.24) is 10.3 Å². The lowest BCUT2D eigenvalue weighted by atomic mass is 9.90. The molecule has 8 heteroatoms. The van der Waals surface area contributed by atoms with Crippen LogP contribution in [0.4, 0.5) is 10.5 Å². The van der Waals surface area contributed by atoms with Crippen LogP contribution in [0.3, 0.4) is 0 Å². The van der Waals surface area contributed by atoms with Gasteiger partial charge in [0.25, 0.3) is 5.91 Å². The minimum Gasteiger partial charge on any atom is -0.483 e. The zero-order valence-corrected chi connectivity index (χ0v) is 18.1. The molecule has 30 heavy (non-hydrogen) atoms. The number of anilines is 1. The maximum absolute atomic E-state index is 12.4. The van der Waals surface area contributed by atoms with E-state index < -0.39 is 5.60 Å². The second-order valence-electron chi connectivity index (χ2n) is 8.97. The summed E-state index contributed by atoms with van der Waals surface area (Å²) in [5.41, 5.74) is 5.08. The van der Waals surface area contributed by atoms with Gasteiger partial charge in [-0.2, -0.15) is 5.10 Å². The molecule has 2 amide bonds. The lowest BCUT2D eigenvalue weighted by Crippen LogP contribution is -2.55. The van der Waals surface area contributed by atoms with Crippen molar-refractivity contribution in [1.29, 1.82) is 0 Å². The third-order valence-corrected chi connectivity index (χ3v) is 5.46. The van der Waals surface area contributed by atoms with Crippen LogP contribution in [0, 0.1) is 5.92 Å². The molecule has 1 unspecified atom stereocenters. The lowest BCUT2D eigenvalue weighted by Gasteiger charge is -2.38. The van der Waals surface area contributed by atoms with Gasteiger partial charge in [-0.1, -0.05) is 19.1 Å². The SMILES string of the molecule is CC1CN(C(=O)OC(C)(C)C)CC=C1c1ccc2c(c1)N1C(=NNC(=O)[C@H]1C)CO2. The highest BCUT2D eigenvalue weighted by Crippen LogP contribution is 2.39. The molecule has 0 fully saturated rings. The van der Waals surface area contributed by atoms with Crippen LogP contribution in [0.5, 0.6) is 5.75 Å². The molecule has 1 N–H and O–H groups in total. The number of nitrogens with zero attached hydrogens (tertiary/aromatic N) is 3. The van der Waals surface area contributed by atoms with E-state index in [0.29, 0.717) is 25.5 Å². The molecule has 8 nitrogen and oxygen atoms in total. The minimum absolute atomic E-state index is 0.143. The van der Waals surface area contributed by atoms with Crippen molar-refractivity contribution in [2.75, 3.05) is 24.6 Å². The number of ether oxygens (including phenoxy) is 2. The molecule has 2 atom stereocenters. The number of fused-ring (bicyclic) bond motifs is 3. The van der Waals surface area contributed by atoms with Crippen LogP contribution in [0.2, 0.25) is 0 Å². The predicted octanol–water partition coefficient (Wildman–Crippen LogP) is 2.99. The lowest BCUT2D eigenvalue weighted by molar-refractivity contribution is -0.122. The summed E-state index contributed by atoms with van der Waals surface area (Å²) in [5, 5.41) is 4.14. The summed E-state index contributed by atoms with van der Waals surface area (Å²) in [4.78, 5) is 28.2. The summed E-state index contributed by atoms with van der Waals surface area (Å²) in [6.07, 6.45) is 1.78. The number of carbonyl (C=O) groups is 2. The molecule has 0 aliphatic carbocycles. The number of amidine groups is 1. The van der Waals surface area contributed by atoms with E-state index >= 15 is 0 Å². The van der Waals surface area contributed by atoms with Crippen LogP contribution in [0.25, 0.3) is 5.57 Å². The number of benzene rings is 1. The van der Waals surface area contributed by atoms with Crippen LogP contribution in [-0.4, -0.2) is 54.1 Å². The maximum atomic E-state index is 12.4. The molecule has 0 aromatic heterocycles. The molecule has 3 aliphatic heterocycles. The Morgan fingerprint density at radius 3 is 2.77 bits per heavy atom. The average Bonchev–Trinajstić information content (AvgIpc) is 2.68. The number of hydrogen-bond acceptors (Lipinski definition) is 6. The van der Waals surface area contributed by atoms with Crippen LogP contribution in [-0.2, 0) is 9.53 Å². The molecule has 4 rings (SSSR count). The topological polar surface area (TPSA) is 83.5 Å². The van der Waals surface area contributed by atoms with Crippen molar-refractivity contribution in [3.05, 3.63) is 29.8 Å². The average molecular weight is 412 g/mol. The van der Waals surface area contributed by atoms with Gasteiger partial charge in [0.15, 0.2) is 5.84 Å². The Hall–Kier alpha value is -3.03. The van der Waals surface area contributed by atoms with Crippen LogP contribution in [0.15, 0.2) is 29.4 Å². The molecule has 1 aromatic carbocycles. The Balaban J connectivity index is 1.60. The summed E-state index contributed by atoms with van der Waals surface area (Å²) in [7, 11) is 0. The van der Waals surface area contributed by atoms with Gasteiger partial charge >= 0.3 is 6.09 Å². The summed E-state index contributed by atoms with van der Waals surface area (Å²) >= 11 is 0.